The van der Waals surface area contributed by atoms with Crippen LogP contribution in [0.1, 0.15) is 57.7 Å². The predicted octanol–water partition coefficient (Wildman–Crippen LogP) is 4.71. The van der Waals surface area contributed by atoms with Crippen molar-refractivity contribution in [2.24, 2.45) is 11.7 Å². The number of urea groups is 1. The maximum Gasteiger partial charge on any atom is 0.421 e. The molecular weight excluding hydrogens is 819 g/mol. The zero-order valence-electron chi connectivity index (χ0n) is 34.6. The van der Waals surface area contributed by atoms with Crippen molar-refractivity contribution in [3.8, 4) is 17.6 Å². The van der Waals surface area contributed by atoms with Gasteiger partial charge in [-0.3, -0.25) is 19.3 Å². The van der Waals surface area contributed by atoms with E-state index in [9.17, 15) is 19.8 Å². The number of primary amides is 1. The average Bonchev–Trinajstić information content (AvgIpc) is 3.77. The largest absolute Gasteiger partial charge is 0.508 e. The van der Waals surface area contributed by atoms with Crippen molar-refractivity contribution in [3.05, 3.63) is 167 Å². The number of amides is 5. The summed E-state index contributed by atoms with van der Waals surface area (Å²) in [5.41, 5.74) is 5.98. The van der Waals surface area contributed by atoms with Gasteiger partial charge in [0.1, 0.15) is 29.9 Å². The number of fused-ring (bicyclic) bond motifs is 3. The van der Waals surface area contributed by atoms with Gasteiger partial charge in [0.25, 0.3) is 0 Å². The maximum atomic E-state index is 16.1. The number of hydrogen-bond acceptors (Lipinski definition) is 11. The number of nitrogens with two attached hydrogens (primary N) is 1. The second-order valence-corrected chi connectivity index (χ2v) is 15.5. The molecule has 15 heteroatoms. The number of nitrogens with one attached hydrogen (secondary N) is 2. The predicted molar refractivity (Wildman–Crippen MR) is 232 cm³/mol. The minimum atomic E-state index is -2.14. The minimum absolute atomic E-state index is 0.0197. The van der Waals surface area contributed by atoms with Gasteiger partial charge in [-0.05, 0) is 58.1 Å². The van der Waals surface area contributed by atoms with Gasteiger partial charge in [0.2, 0.25) is 11.8 Å². The first kappa shape index (κ1) is 43.2. The lowest BCUT2D eigenvalue weighted by atomic mass is 9.65. The SMILES string of the molecule is COCCOC(=O)N1C(=O)C2(c3cc(C#CCNC(N)=O)ccc31)C(C(=O)NCC(O)c1ccccc1)C1C(=O)OC(c3ccccc3)C(c3ccccc3)N1C2c1ccc(O)cc1. The average molecular weight is 864 g/mol. The third-order valence-corrected chi connectivity index (χ3v) is 11.9. The molecule has 5 aromatic carbocycles. The van der Waals surface area contributed by atoms with Crippen LogP contribution < -0.4 is 21.3 Å². The second-order valence-electron chi connectivity index (χ2n) is 15.5. The molecule has 0 radical (unpaired) electrons. The van der Waals surface area contributed by atoms with Crippen molar-refractivity contribution >= 4 is 35.6 Å². The van der Waals surface area contributed by atoms with Crippen LogP contribution in [-0.2, 0) is 34.0 Å². The van der Waals surface area contributed by atoms with E-state index in [2.05, 4.69) is 22.5 Å². The van der Waals surface area contributed by atoms with Gasteiger partial charge in [-0.15, -0.1) is 0 Å². The van der Waals surface area contributed by atoms with Crippen molar-refractivity contribution in [3.63, 3.8) is 0 Å². The summed E-state index contributed by atoms with van der Waals surface area (Å²) in [5.74, 6) is 1.61. The van der Waals surface area contributed by atoms with Crippen LogP contribution in [0.3, 0.4) is 0 Å². The highest BCUT2D eigenvalue weighted by Gasteiger charge is 2.75. The summed E-state index contributed by atoms with van der Waals surface area (Å²) in [6.07, 6.45) is -3.20. The molecule has 3 aliphatic rings. The number of hydrogen-bond donors (Lipinski definition) is 5. The molecule has 1 spiro atoms. The summed E-state index contributed by atoms with van der Waals surface area (Å²) < 4.78 is 17.2. The molecule has 3 aliphatic heterocycles. The number of carbonyl (C=O) groups is 5. The monoisotopic (exact) mass is 863 g/mol. The number of benzene rings is 5. The molecule has 0 saturated carbocycles. The number of rotatable bonds is 11. The van der Waals surface area contributed by atoms with Crippen molar-refractivity contribution in [1.82, 2.24) is 15.5 Å². The molecule has 5 aromatic rings. The Morgan fingerprint density at radius 3 is 2.14 bits per heavy atom. The highest BCUT2D eigenvalue weighted by atomic mass is 16.6. The van der Waals surface area contributed by atoms with E-state index >= 15 is 14.4 Å². The number of nitrogens with zero attached hydrogens (tertiary/aromatic N) is 2. The molecule has 6 N–H and O–H groups in total. The zero-order valence-corrected chi connectivity index (χ0v) is 34.6. The van der Waals surface area contributed by atoms with Crippen LogP contribution in [0.25, 0.3) is 0 Å². The Bertz CT molecular complexity index is 2600. The molecule has 326 valence electrons. The number of anilines is 1. The van der Waals surface area contributed by atoms with Crippen LogP contribution in [0.5, 0.6) is 5.75 Å². The number of phenols is 1. The van der Waals surface area contributed by atoms with Gasteiger partial charge in [0.15, 0.2) is 0 Å². The molecule has 7 unspecified atom stereocenters. The summed E-state index contributed by atoms with van der Waals surface area (Å²) in [6, 6.07) is 33.5. The molecular formula is C49H45N5O10. The second kappa shape index (κ2) is 18.5. The number of morpholine rings is 1. The van der Waals surface area contributed by atoms with Gasteiger partial charge in [0, 0.05) is 19.2 Å². The third kappa shape index (κ3) is 7.90. The van der Waals surface area contributed by atoms with Crippen molar-refractivity contribution in [2.45, 2.75) is 35.7 Å². The molecule has 0 bridgehead atoms. The van der Waals surface area contributed by atoms with E-state index in [0.29, 0.717) is 27.8 Å². The fraction of sp³-hybridized carbons (Fsp3) is 0.245. The number of esters is 1. The van der Waals surface area contributed by atoms with Gasteiger partial charge in [-0.1, -0.05) is 115 Å². The van der Waals surface area contributed by atoms with Crippen LogP contribution in [0, 0.1) is 17.8 Å². The lowest BCUT2D eigenvalue weighted by molar-refractivity contribution is -0.178. The summed E-state index contributed by atoms with van der Waals surface area (Å²) in [7, 11) is 1.43. The Labute approximate surface area is 368 Å². The molecule has 8 rings (SSSR count). The van der Waals surface area contributed by atoms with E-state index < -0.39 is 71.6 Å². The van der Waals surface area contributed by atoms with Crippen molar-refractivity contribution < 1.29 is 48.4 Å². The Hall–Kier alpha value is -7.51. The number of aliphatic hydroxyl groups is 1. The smallest absolute Gasteiger partial charge is 0.421 e. The number of carbonyl (C=O) groups excluding carboxylic acids is 5. The normalized spacial score (nSPS) is 22.7. The molecule has 2 saturated heterocycles. The molecule has 2 fully saturated rings. The van der Waals surface area contributed by atoms with Gasteiger partial charge < -0.3 is 40.8 Å². The Kier molecular flexibility index (Phi) is 12.4. The fourth-order valence-corrected chi connectivity index (χ4v) is 9.28. The van der Waals surface area contributed by atoms with E-state index in [1.807, 2.05) is 65.6 Å². The van der Waals surface area contributed by atoms with Crippen LogP contribution in [0.4, 0.5) is 15.3 Å². The van der Waals surface area contributed by atoms with Crippen molar-refractivity contribution in [2.75, 3.05) is 38.3 Å². The number of methoxy groups -OCH3 is 1. The first-order valence-electron chi connectivity index (χ1n) is 20.6. The molecule has 3 heterocycles. The summed E-state index contributed by atoms with van der Waals surface area (Å²) in [4.78, 5) is 75.2. The number of aliphatic hydroxyl groups excluding tert-OH is 1. The number of imide groups is 1. The summed E-state index contributed by atoms with van der Waals surface area (Å²) in [5, 5.41) is 27.2. The first-order chi connectivity index (χ1) is 31.1. The van der Waals surface area contributed by atoms with Crippen LogP contribution in [0.15, 0.2) is 133 Å². The van der Waals surface area contributed by atoms with Gasteiger partial charge >= 0.3 is 18.1 Å². The van der Waals surface area contributed by atoms with Crippen molar-refractivity contribution in [1.29, 1.82) is 0 Å². The number of aromatic hydroxyl groups is 1. The van der Waals surface area contributed by atoms with Gasteiger partial charge in [-0.2, -0.15) is 0 Å². The molecule has 5 amide bonds. The molecule has 0 aliphatic carbocycles. The van der Waals surface area contributed by atoms with Gasteiger partial charge in [-0.25, -0.2) is 14.5 Å². The summed E-state index contributed by atoms with van der Waals surface area (Å²) >= 11 is 0. The maximum absolute atomic E-state index is 16.1. The highest BCUT2D eigenvalue weighted by molar-refractivity contribution is 6.23. The third-order valence-electron chi connectivity index (χ3n) is 11.9. The highest BCUT2D eigenvalue weighted by Crippen LogP contribution is 2.66. The Morgan fingerprint density at radius 1 is 0.828 bits per heavy atom. The van der Waals surface area contributed by atoms with E-state index in [1.54, 1.807) is 54.6 Å². The Morgan fingerprint density at radius 2 is 1.48 bits per heavy atom. The van der Waals surface area contributed by atoms with E-state index in [0.717, 1.165) is 4.90 Å². The molecule has 7 atom stereocenters. The number of ether oxygens (including phenoxy) is 3. The van der Waals surface area contributed by atoms with Crippen LogP contribution in [0.2, 0.25) is 0 Å². The standard InChI is InChI=1S/C49H45N5O10/c1-62-26-27-63-48(61)53-37-24-19-30(12-11-25-51-47(50)60)28-36(37)49(46(53)59)39(44(57)52-29-38(56)31-13-5-2-6-14-31)41-45(58)64-42(33-17-9-4-10-18-33)40(32-15-7-3-8-16-32)54(41)43(49)34-20-22-35(55)23-21-34/h2-10,13-24,28,38-43,55-56H,25-27,29H2,1H3,(H,52,57)(H3,50,51,60). The lowest BCUT2D eigenvalue weighted by Crippen LogP contribution is -2.56. The van der Waals surface area contributed by atoms with Gasteiger partial charge in [0.05, 0.1) is 42.9 Å². The van der Waals surface area contributed by atoms with Crippen LogP contribution in [-0.4, -0.2) is 84.5 Å². The summed E-state index contributed by atoms with van der Waals surface area (Å²) in [6.45, 7) is -0.610. The Balaban J connectivity index is 1.41. The van der Waals surface area contributed by atoms with E-state index in [4.69, 9.17) is 19.9 Å². The topological polar surface area (TPSA) is 210 Å². The minimum Gasteiger partial charge on any atom is -0.508 e. The number of phenolic OH excluding ortho intramolecular Hbond substituents is 1. The number of cyclic esters (lactones) is 1. The molecule has 0 aromatic heterocycles. The fourth-order valence-electron chi connectivity index (χ4n) is 9.28. The lowest BCUT2D eigenvalue weighted by Gasteiger charge is -2.46. The van der Waals surface area contributed by atoms with Crippen LogP contribution >= 0.6 is 0 Å². The van der Waals surface area contributed by atoms with E-state index in [1.165, 1.54) is 25.3 Å². The van der Waals surface area contributed by atoms with E-state index in [-0.39, 0.29) is 43.3 Å². The zero-order chi connectivity index (χ0) is 45.0. The molecule has 64 heavy (non-hydrogen) atoms. The first-order valence-corrected chi connectivity index (χ1v) is 20.6. The quantitative estimate of drug-likeness (QED) is 0.0698. The molecule has 15 nitrogen and oxygen atoms in total.